The van der Waals surface area contributed by atoms with Crippen LogP contribution < -0.4 is 5.73 Å². The van der Waals surface area contributed by atoms with E-state index in [9.17, 15) is 0 Å². The quantitative estimate of drug-likeness (QED) is 0.829. The fourth-order valence-corrected chi connectivity index (χ4v) is 3.65. The van der Waals surface area contributed by atoms with Gasteiger partial charge in [0.2, 0.25) is 0 Å². The molecule has 2 rings (SSSR count). The molecule has 1 aliphatic carbocycles. The van der Waals surface area contributed by atoms with Crippen molar-refractivity contribution < 1.29 is 9.47 Å². The molecule has 106 valence electrons. The predicted octanol–water partition coefficient (Wildman–Crippen LogP) is 1.38. The summed E-state index contributed by atoms with van der Waals surface area (Å²) in [6, 6.07) is 0. The van der Waals surface area contributed by atoms with E-state index >= 15 is 0 Å². The van der Waals surface area contributed by atoms with Gasteiger partial charge in [0, 0.05) is 32.3 Å². The smallest absolute Gasteiger partial charge is 0.0678 e. The highest BCUT2D eigenvalue weighted by atomic mass is 16.5. The summed E-state index contributed by atoms with van der Waals surface area (Å²) in [7, 11) is 1.82. The van der Waals surface area contributed by atoms with Crippen LogP contribution in [0.1, 0.15) is 39.5 Å². The first-order chi connectivity index (χ1) is 8.59. The molecule has 4 heteroatoms. The lowest BCUT2D eigenvalue weighted by atomic mass is 9.78. The number of nitrogens with two attached hydrogens (primary N) is 1. The Kier molecular flexibility index (Phi) is 4.64. The Hall–Kier alpha value is -0.160. The van der Waals surface area contributed by atoms with Gasteiger partial charge in [-0.05, 0) is 39.5 Å². The first-order valence-corrected chi connectivity index (χ1v) is 7.23. The maximum atomic E-state index is 6.14. The zero-order valence-electron chi connectivity index (χ0n) is 12.0. The van der Waals surface area contributed by atoms with Gasteiger partial charge in [0.15, 0.2) is 0 Å². The van der Waals surface area contributed by atoms with E-state index in [0.717, 1.165) is 26.1 Å². The maximum absolute atomic E-state index is 6.14. The lowest BCUT2D eigenvalue weighted by Gasteiger charge is -2.51. The van der Waals surface area contributed by atoms with Crippen molar-refractivity contribution in [1.29, 1.82) is 0 Å². The number of hydrogen-bond donors (Lipinski definition) is 1. The standard InChI is InChI=1S/C14H28N2O2/c1-11-8-16(9-12(2)18-11)14(10-15)6-4-5-13(7-14)17-3/h11-13H,4-10,15H2,1-3H3/t11-,12+,13?,14?. The average molecular weight is 256 g/mol. The summed E-state index contributed by atoms with van der Waals surface area (Å²) in [6.45, 7) is 7.04. The molecule has 2 unspecified atom stereocenters. The zero-order valence-corrected chi connectivity index (χ0v) is 12.0. The highest BCUT2D eigenvalue weighted by Crippen LogP contribution is 2.36. The first-order valence-electron chi connectivity index (χ1n) is 7.23. The highest BCUT2D eigenvalue weighted by Gasteiger charge is 2.42. The van der Waals surface area contributed by atoms with Crippen LogP contribution >= 0.6 is 0 Å². The van der Waals surface area contributed by atoms with Gasteiger partial charge in [0.05, 0.1) is 18.3 Å². The van der Waals surface area contributed by atoms with Gasteiger partial charge >= 0.3 is 0 Å². The van der Waals surface area contributed by atoms with Crippen LogP contribution in [0, 0.1) is 0 Å². The van der Waals surface area contributed by atoms with Crippen LogP contribution in [0.3, 0.4) is 0 Å². The number of rotatable bonds is 3. The first kappa shape index (κ1) is 14.3. The SMILES string of the molecule is COC1CCCC(CN)(N2C[C@@H](C)O[C@@H](C)C2)C1. The molecule has 0 radical (unpaired) electrons. The Morgan fingerprint density at radius 2 is 2.00 bits per heavy atom. The zero-order chi connectivity index (χ0) is 13.2. The van der Waals surface area contributed by atoms with Crippen LogP contribution in [-0.4, -0.2) is 55.5 Å². The molecule has 2 aliphatic rings. The van der Waals surface area contributed by atoms with Crippen LogP contribution in [0.25, 0.3) is 0 Å². The second-order valence-corrected chi connectivity index (χ2v) is 6.04. The molecule has 1 heterocycles. The Bertz CT molecular complexity index is 265. The van der Waals surface area contributed by atoms with Crippen molar-refractivity contribution in [3.63, 3.8) is 0 Å². The molecule has 0 aromatic carbocycles. The third-order valence-electron chi connectivity index (χ3n) is 4.58. The minimum Gasteiger partial charge on any atom is -0.381 e. The van der Waals surface area contributed by atoms with Crippen molar-refractivity contribution in [2.45, 2.75) is 63.4 Å². The van der Waals surface area contributed by atoms with Gasteiger partial charge in [-0.25, -0.2) is 0 Å². The second-order valence-electron chi connectivity index (χ2n) is 6.04. The monoisotopic (exact) mass is 256 g/mol. The van der Waals surface area contributed by atoms with Crippen molar-refractivity contribution in [2.75, 3.05) is 26.7 Å². The fourth-order valence-electron chi connectivity index (χ4n) is 3.65. The third-order valence-corrected chi connectivity index (χ3v) is 4.58. The molecule has 1 aliphatic heterocycles. The molecule has 4 nitrogen and oxygen atoms in total. The number of hydrogen-bond acceptors (Lipinski definition) is 4. The van der Waals surface area contributed by atoms with Gasteiger partial charge in [-0.3, -0.25) is 4.90 Å². The molecule has 1 saturated carbocycles. The minimum atomic E-state index is 0.130. The molecule has 2 fully saturated rings. The van der Waals surface area contributed by atoms with Crippen molar-refractivity contribution >= 4 is 0 Å². The van der Waals surface area contributed by atoms with E-state index < -0.39 is 0 Å². The lowest BCUT2D eigenvalue weighted by Crippen LogP contribution is -2.62. The molecular weight excluding hydrogens is 228 g/mol. The van der Waals surface area contributed by atoms with Crippen LogP contribution in [0.5, 0.6) is 0 Å². The normalized spacial score (nSPS) is 43.0. The third kappa shape index (κ3) is 2.87. The van der Waals surface area contributed by atoms with Crippen molar-refractivity contribution in [3.05, 3.63) is 0 Å². The number of nitrogens with zero attached hydrogens (tertiary/aromatic N) is 1. The highest BCUT2D eigenvalue weighted by molar-refractivity contribution is 4.99. The average Bonchev–Trinajstić information content (AvgIpc) is 2.37. The molecule has 0 amide bonds. The number of morpholine rings is 1. The summed E-state index contributed by atoms with van der Waals surface area (Å²) in [5.74, 6) is 0. The molecular formula is C14H28N2O2. The molecule has 18 heavy (non-hydrogen) atoms. The van der Waals surface area contributed by atoms with Crippen molar-refractivity contribution in [1.82, 2.24) is 4.90 Å². The van der Waals surface area contributed by atoms with Crippen LogP contribution in [0.4, 0.5) is 0 Å². The molecule has 0 spiro atoms. The second kappa shape index (κ2) is 5.87. The lowest BCUT2D eigenvalue weighted by molar-refractivity contribution is -0.119. The Balaban J connectivity index is 2.10. The Morgan fingerprint density at radius 1 is 1.33 bits per heavy atom. The van der Waals surface area contributed by atoms with Crippen molar-refractivity contribution in [2.24, 2.45) is 5.73 Å². The number of methoxy groups -OCH3 is 1. The van der Waals surface area contributed by atoms with Crippen LogP contribution in [0.2, 0.25) is 0 Å². The van der Waals surface area contributed by atoms with Crippen molar-refractivity contribution in [3.8, 4) is 0 Å². The molecule has 0 bridgehead atoms. The van der Waals surface area contributed by atoms with Gasteiger partial charge in [0.25, 0.3) is 0 Å². The van der Waals surface area contributed by atoms with Gasteiger partial charge in [-0.2, -0.15) is 0 Å². The van der Waals surface area contributed by atoms with E-state index in [0.29, 0.717) is 18.3 Å². The molecule has 2 N–H and O–H groups in total. The van der Waals surface area contributed by atoms with E-state index in [-0.39, 0.29) is 5.54 Å². The minimum absolute atomic E-state index is 0.130. The fraction of sp³-hybridized carbons (Fsp3) is 1.00. The Labute approximate surface area is 111 Å². The molecule has 0 aromatic heterocycles. The topological polar surface area (TPSA) is 47.7 Å². The summed E-state index contributed by atoms with van der Waals surface area (Å²) >= 11 is 0. The summed E-state index contributed by atoms with van der Waals surface area (Å²) in [5.41, 5.74) is 6.27. The summed E-state index contributed by atoms with van der Waals surface area (Å²) < 4.78 is 11.4. The van der Waals surface area contributed by atoms with Gasteiger partial charge in [0.1, 0.15) is 0 Å². The summed E-state index contributed by atoms with van der Waals surface area (Å²) in [6.07, 6.45) is 5.64. The predicted molar refractivity (Wildman–Crippen MR) is 72.6 cm³/mol. The van der Waals surface area contributed by atoms with E-state index in [1.807, 2.05) is 7.11 Å². The molecule has 0 aromatic rings. The largest absolute Gasteiger partial charge is 0.381 e. The molecule has 4 atom stereocenters. The van der Waals surface area contributed by atoms with E-state index in [2.05, 4.69) is 18.7 Å². The maximum Gasteiger partial charge on any atom is 0.0678 e. The van der Waals surface area contributed by atoms with Crippen LogP contribution in [0.15, 0.2) is 0 Å². The van der Waals surface area contributed by atoms with E-state index in [1.165, 1.54) is 19.3 Å². The number of ether oxygens (including phenoxy) is 2. The summed E-state index contributed by atoms with van der Waals surface area (Å²) in [4.78, 5) is 2.57. The van der Waals surface area contributed by atoms with Gasteiger partial charge < -0.3 is 15.2 Å². The van der Waals surface area contributed by atoms with Gasteiger partial charge in [-0.1, -0.05) is 0 Å². The van der Waals surface area contributed by atoms with E-state index in [4.69, 9.17) is 15.2 Å². The van der Waals surface area contributed by atoms with E-state index in [1.54, 1.807) is 0 Å². The summed E-state index contributed by atoms with van der Waals surface area (Å²) in [5, 5.41) is 0. The Morgan fingerprint density at radius 3 is 2.56 bits per heavy atom. The van der Waals surface area contributed by atoms with Crippen LogP contribution in [-0.2, 0) is 9.47 Å². The van der Waals surface area contributed by atoms with Gasteiger partial charge in [-0.15, -0.1) is 0 Å². The molecule has 1 saturated heterocycles.